The Labute approximate surface area is 109 Å². The molecule has 17 heavy (non-hydrogen) atoms. The highest BCUT2D eigenvalue weighted by molar-refractivity contribution is 6.56. The van der Waals surface area contributed by atoms with Gasteiger partial charge in [0.2, 0.25) is 5.84 Å². The van der Waals surface area contributed by atoms with Crippen LogP contribution >= 0.6 is 23.2 Å². The van der Waals surface area contributed by atoms with E-state index in [-0.39, 0.29) is 5.92 Å². The number of rotatable bonds is 4. The molecule has 6 nitrogen and oxygen atoms in total. The molecular formula is C9H15Cl2N3O3. The fourth-order valence-corrected chi connectivity index (χ4v) is 1.99. The number of hydrogen-bond donors (Lipinski definition) is 1. The molecule has 0 aromatic heterocycles. The summed E-state index contributed by atoms with van der Waals surface area (Å²) < 4.78 is 2.89. The molecule has 0 amide bonds. The molecule has 0 saturated carbocycles. The van der Waals surface area contributed by atoms with Gasteiger partial charge in [0.25, 0.3) is 0 Å². The highest BCUT2D eigenvalue weighted by atomic mass is 35.5. The second kappa shape index (κ2) is 5.37. The van der Waals surface area contributed by atoms with Gasteiger partial charge in [-0.25, -0.2) is 0 Å². The Kier molecular flexibility index (Phi) is 4.57. The van der Waals surface area contributed by atoms with Gasteiger partial charge in [-0.2, -0.15) is 0 Å². The van der Waals surface area contributed by atoms with Crippen molar-refractivity contribution in [3.8, 4) is 0 Å². The Morgan fingerprint density at radius 1 is 1.65 bits per heavy atom. The molecule has 0 bridgehead atoms. The van der Waals surface area contributed by atoms with Crippen LogP contribution < -0.4 is 0 Å². The van der Waals surface area contributed by atoms with Gasteiger partial charge in [-0.1, -0.05) is 6.92 Å². The average molecular weight is 284 g/mol. The Morgan fingerprint density at radius 2 is 2.24 bits per heavy atom. The van der Waals surface area contributed by atoms with Gasteiger partial charge < -0.3 is 9.64 Å². The average Bonchev–Trinajstić information content (AvgIpc) is 2.63. The lowest BCUT2D eigenvalue weighted by Gasteiger charge is -2.26. The molecule has 1 aliphatic heterocycles. The van der Waals surface area contributed by atoms with Crippen LogP contribution in [0.5, 0.6) is 0 Å². The molecule has 1 aliphatic rings. The second-order valence-electron chi connectivity index (χ2n) is 4.30. The zero-order chi connectivity index (χ0) is 13.2. The first-order valence-electron chi connectivity index (χ1n) is 5.17. The normalized spacial score (nSPS) is 24.7. The Balaban J connectivity index is 2.61. The van der Waals surface area contributed by atoms with Crippen molar-refractivity contribution in [3.63, 3.8) is 0 Å². The van der Waals surface area contributed by atoms with Gasteiger partial charge in [-0.05, 0) is 29.1 Å². The second-order valence-corrected chi connectivity index (χ2v) is 5.59. The number of amidine groups is 1. The standard InChI is InChI=1S/C9H15Cl2N3O3/c1-6-4-17-5-7(6)3-13(2)8(12)9(10,11)14(15)16/h6-7,12H,3-5H2,1-2H3. The number of alkyl halides is 2. The molecule has 1 saturated heterocycles. The molecule has 0 spiro atoms. The molecule has 98 valence electrons. The van der Waals surface area contributed by atoms with Gasteiger partial charge in [0.15, 0.2) is 0 Å². The highest BCUT2D eigenvalue weighted by Gasteiger charge is 2.46. The number of nitrogens with zero attached hydrogens (tertiary/aromatic N) is 2. The van der Waals surface area contributed by atoms with Crippen LogP contribution in [0.25, 0.3) is 0 Å². The van der Waals surface area contributed by atoms with E-state index in [2.05, 4.69) is 0 Å². The van der Waals surface area contributed by atoms with Crippen LogP contribution in [-0.4, -0.2) is 46.9 Å². The van der Waals surface area contributed by atoms with E-state index in [1.807, 2.05) is 6.92 Å². The Morgan fingerprint density at radius 3 is 2.65 bits per heavy atom. The van der Waals surface area contributed by atoms with Crippen LogP contribution in [0.2, 0.25) is 0 Å². The number of likely N-dealkylation sites (N-methyl/N-ethyl adjacent to an activating group) is 1. The first kappa shape index (κ1) is 14.5. The van der Waals surface area contributed by atoms with Crippen LogP contribution in [0.15, 0.2) is 0 Å². The van der Waals surface area contributed by atoms with E-state index in [0.29, 0.717) is 25.7 Å². The molecule has 0 aromatic rings. The predicted molar refractivity (Wildman–Crippen MR) is 65.3 cm³/mol. The molecule has 1 N–H and O–H groups in total. The molecule has 1 rings (SSSR count). The minimum atomic E-state index is -2.39. The lowest BCUT2D eigenvalue weighted by molar-refractivity contribution is -0.497. The summed E-state index contributed by atoms with van der Waals surface area (Å²) in [5.41, 5.74) is 0. The summed E-state index contributed by atoms with van der Waals surface area (Å²) in [5.74, 6) is 0.169. The first-order valence-corrected chi connectivity index (χ1v) is 5.92. The molecule has 1 heterocycles. The van der Waals surface area contributed by atoms with Gasteiger partial charge >= 0.3 is 4.46 Å². The minimum Gasteiger partial charge on any atom is -0.381 e. The summed E-state index contributed by atoms with van der Waals surface area (Å²) in [5, 5.41) is 18.3. The third kappa shape index (κ3) is 3.20. The minimum absolute atomic E-state index is 0.233. The zero-order valence-electron chi connectivity index (χ0n) is 9.65. The SMILES string of the molecule is CC1COCC1CN(C)C(=N)C(Cl)(Cl)[N+](=O)[O-]. The van der Waals surface area contributed by atoms with Crippen molar-refractivity contribution in [2.75, 3.05) is 26.8 Å². The monoisotopic (exact) mass is 283 g/mol. The van der Waals surface area contributed by atoms with E-state index in [1.165, 1.54) is 4.90 Å². The number of nitrogens with one attached hydrogen (secondary N) is 1. The predicted octanol–water partition coefficient (Wildman–Crippen LogP) is 1.59. The Bertz CT molecular complexity index is 325. The van der Waals surface area contributed by atoms with Crippen LogP contribution in [-0.2, 0) is 4.74 Å². The number of halogens is 2. The van der Waals surface area contributed by atoms with Crippen molar-refractivity contribution in [1.82, 2.24) is 4.90 Å². The molecular weight excluding hydrogens is 269 g/mol. The van der Waals surface area contributed by atoms with E-state index in [0.717, 1.165) is 0 Å². The molecule has 0 radical (unpaired) electrons. The lowest BCUT2D eigenvalue weighted by Crippen LogP contribution is -2.46. The van der Waals surface area contributed by atoms with Crippen LogP contribution in [0.3, 0.4) is 0 Å². The molecule has 2 atom stereocenters. The molecule has 2 unspecified atom stereocenters. The zero-order valence-corrected chi connectivity index (χ0v) is 11.2. The van der Waals surface area contributed by atoms with Crippen molar-refractivity contribution in [3.05, 3.63) is 10.1 Å². The van der Waals surface area contributed by atoms with Crippen molar-refractivity contribution in [1.29, 1.82) is 5.41 Å². The van der Waals surface area contributed by atoms with Gasteiger partial charge in [0, 0.05) is 26.1 Å². The van der Waals surface area contributed by atoms with E-state index in [9.17, 15) is 10.1 Å². The number of nitro groups is 1. The van der Waals surface area contributed by atoms with Crippen molar-refractivity contribution >= 4 is 29.0 Å². The quantitative estimate of drug-likeness (QED) is 0.212. The summed E-state index contributed by atoms with van der Waals surface area (Å²) in [6.45, 7) is 3.77. The third-order valence-electron chi connectivity index (χ3n) is 2.92. The number of hydrogen-bond acceptors (Lipinski definition) is 4. The van der Waals surface area contributed by atoms with Gasteiger partial charge in [-0.15, -0.1) is 0 Å². The lowest BCUT2D eigenvalue weighted by atomic mass is 9.98. The molecule has 0 aromatic carbocycles. The van der Waals surface area contributed by atoms with Crippen LogP contribution in [0, 0.1) is 27.4 Å². The van der Waals surface area contributed by atoms with Gasteiger partial charge in [0.1, 0.15) is 0 Å². The molecule has 0 aliphatic carbocycles. The summed E-state index contributed by atoms with van der Waals surface area (Å²) in [6.07, 6.45) is 0. The highest BCUT2D eigenvalue weighted by Crippen LogP contribution is 2.26. The molecule has 1 fully saturated rings. The molecule has 8 heteroatoms. The van der Waals surface area contributed by atoms with E-state index in [1.54, 1.807) is 7.05 Å². The topological polar surface area (TPSA) is 79.5 Å². The fraction of sp³-hybridized carbons (Fsp3) is 0.889. The van der Waals surface area contributed by atoms with Gasteiger partial charge in [0.05, 0.1) is 11.5 Å². The van der Waals surface area contributed by atoms with Gasteiger partial charge in [-0.3, -0.25) is 15.5 Å². The van der Waals surface area contributed by atoms with E-state index >= 15 is 0 Å². The maximum absolute atomic E-state index is 10.6. The van der Waals surface area contributed by atoms with Crippen molar-refractivity contribution in [2.24, 2.45) is 11.8 Å². The fourth-order valence-electron chi connectivity index (χ4n) is 1.70. The van der Waals surface area contributed by atoms with E-state index < -0.39 is 15.2 Å². The first-order chi connectivity index (χ1) is 7.76. The maximum Gasteiger partial charge on any atom is 0.427 e. The third-order valence-corrected chi connectivity index (χ3v) is 3.56. The summed E-state index contributed by atoms with van der Waals surface area (Å²) in [6, 6.07) is 0. The number of ether oxygens (including phenoxy) is 1. The van der Waals surface area contributed by atoms with Crippen molar-refractivity contribution < 1.29 is 9.66 Å². The Hall–Kier alpha value is -0.590. The van der Waals surface area contributed by atoms with Crippen LogP contribution in [0.1, 0.15) is 6.92 Å². The maximum atomic E-state index is 10.6. The smallest absolute Gasteiger partial charge is 0.381 e. The summed E-state index contributed by atoms with van der Waals surface area (Å²) in [4.78, 5) is 11.1. The van der Waals surface area contributed by atoms with Crippen LogP contribution in [0.4, 0.5) is 0 Å². The van der Waals surface area contributed by atoms with Crippen molar-refractivity contribution in [2.45, 2.75) is 11.4 Å². The largest absolute Gasteiger partial charge is 0.427 e. The summed E-state index contributed by atoms with van der Waals surface area (Å²) >= 11 is 11.0. The van der Waals surface area contributed by atoms with E-state index in [4.69, 9.17) is 33.3 Å². The summed E-state index contributed by atoms with van der Waals surface area (Å²) in [7, 11) is 1.57.